The summed E-state index contributed by atoms with van der Waals surface area (Å²) in [4.78, 5) is 10.9. The van der Waals surface area contributed by atoms with Crippen LogP contribution in [0.4, 0.5) is 0 Å². The molecule has 0 aromatic rings. The smallest absolute Gasteiger partial charge is 0.307 e. The van der Waals surface area contributed by atoms with E-state index in [1.54, 1.807) is 6.92 Å². The van der Waals surface area contributed by atoms with Crippen molar-refractivity contribution >= 4 is 18.0 Å². The molecule has 0 spiro atoms. The third kappa shape index (κ3) is 15.7. The Bertz CT molecular complexity index is 212. The second-order valence-electron chi connectivity index (χ2n) is 5.19. The summed E-state index contributed by atoms with van der Waals surface area (Å²) in [7, 11) is 0. The Kier molecular flexibility index (Phi) is 9.85. The fourth-order valence-corrected chi connectivity index (χ4v) is 0.667. The molecule has 104 valence electrons. The molecule has 0 aromatic carbocycles. The Balaban J connectivity index is 0. The lowest BCUT2D eigenvalue weighted by Gasteiger charge is -2.20. The van der Waals surface area contributed by atoms with Gasteiger partial charge in [-0.1, -0.05) is 6.92 Å². The molecule has 0 amide bonds. The SMILES string of the molecule is CC(C)(C)SO.CCOC(=O)CC(C)(N)CC. The summed E-state index contributed by atoms with van der Waals surface area (Å²) in [5.74, 6) is -0.209. The van der Waals surface area contributed by atoms with E-state index in [2.05, 4.69) is 0 Å². The van der Waals surface area contributed by atoms with E-state index in [0.29, 0.717) is 13.0 Å². The molecule has 1 unspecified atom stereocenters. The van der Waals surface area contributed by atoms with Gasteiger partial charge in [-0.15, -0.1) is 0 Å². The number of hydrogen-bond acceptors (Lipinski definition) is 5. The van der Waals surface area contributed by atoms with Gasteiger partial charge in [0.1, 0.15) is 0 Å². The van der Waals surface area contributed by atoms with Crippen LogP contribution in [0.15, 0.2) is 0 Å². The molecule has 0 aliphatic carbocycles. The largest absolute Gasteiger partial charge is 0.466 e. The van der Waals surface area contributed by atoms with Crippen LogP contribution in [0.25, 0.3) is 0 Å². The molecule has 5 heteroatoms. The first kappa shape index (κ1) is 19.1. The zero-order valence-corrected chi connectivity index (χ0v) is 12.7. The van der Waals surface area contributed by atoms with Gasteiger partial charge in [0.15, 0.2) is 0 Å². The molecule has 0 saturated heterocycles. The number of rotatable bonds is 4. The van der Waals surface area contributed by atoms with Crippen molar-refractivity contribution in [1.82, 2.24) is 0 Å². The fraction of sp³-hybridized carbons (Fsp3) is 0.917. The molecule has 3 N–H and O–H groups in total. The first-order chi connectivity index (χ1) is 7.58. The zero-order valence-electron chi connectivity index (χ0n) is 11.9. The van der Waals surface area contributed by atoms with Gasteiger partial charge < -0.3 is 15.0 Å². The highest BCUT2D eigenvalue weighted by molar-refractivity contribution is 7.95. The summed E-state index contributed by atoms with van der Waals surface area (Å²) in [6.07, 6.45) is 1.09. The maximum Gasteiger partial charge on any atom is 0.307 e. The fourth-order valence-electron chi connectivity index (χ4n) is 0.667. The summed E-state index contributed by atoms with van der Waals surface area (Å²) in [6, 6.07) is 0. The van der Waals surface area contributed by atoms with Crippen molar-refractivity contribution in [2.45, 2.75) is 64.7 Å². The van der Waals surface area contributed by atoms with Crippen molar-refractivity contribution in [3.63, 3.8) is 0 Å². The maximum atomic E-state index is 10.9. The number of nitrogens with two attached hydrogens (primary N) is 1. The highest BCUT2D eigenvalue weighted by atomic mass is 32.2. The van der Waals surface area contributed by atoms with E-state index in [1.165, 1.54) is 0 Å². The van der Waals surface area contributed by atoms with Gasteiger partial charge in [0, 0.05) is 10.3 Å². The van der Waals surface area contributed by atoms with Gasteiger partial charge in [-0.3, -0.25) is 4.79 Å². The van der Waals surface area contributed by atoms with E-state index < -0.39 is 5.54 Å². The Morgan fingerprint density at radius 1 is 1.29 bits per heavy atom. The van der Waals surface area contributed by atoms with Crippen molar-refractivity contribution in [2.75, 3.05) is 6.61 Å². The molecule has 4 nitrogen and oxygen atoms in total. The van der Waals surface area contributed by atoms with E-state index in [-0.39, 0.29) is 10.7 Å². The topological polar surface area (TPSA) is 72.5 Å². The van der Waals surface area contributed by atoms with Crippen LogP contribution in [0.1, 0.15) is 54.4 Å². The molecule has 1 atom stereocenters. The molecule has 0 bridgehead atoms. The van der Waals surface area contributed by atoms with Crippen LogP contribution in [-0.4, -0.2) is 27.4 Å². The molecule has 0 rings (SSSR count). The lowest BCUT2D eigenvalue weighted by atomic mass is 9.96. The summed E-state index contributed by atoms with van der Waals surface area (Å²) >= 11 is 0.882. The average Bonchev–Trinajstić information content (AvgIpc) is 2.17. The van der Waals surface area contributed by atoms with Crippen LogP contribution in [-0.2, 0) is 9.53 Å². The Labute approximate surface area is 110 Å². The first-order valence-electron chi connectivity index (χ1n) is 5.85. The van der Waals surface area contributed by atoms with Gasteiger partial charge in [0.25, 0.3) is 0 Å². The number of carbonyl (C=O) groups excluding carboxylic acids is 1. The quantitative estimate of drug-likeness (QED) is 0.604. The van der Waals surface area contributed by atoms with E-state index in [1.807, 2.05) is 34.6 Å². The van der Waals surface area contributed by atoms with Crippen molar-refractivity contribution in [3.8, 4) is 0 Å². The lowest BCUT2D eigenvalue weighted by Crippen LogP contribution is -2.38. The van der Waals surface area contributed by atoms with Crippen LogP contribution in [0, 0.1) is 0 Å². The van der Waals surface area contributed by atoms with Crippen LogP contribution in [0.2, 0.25) is 0 Å². The summed E-state index contributed by atoms with van der Waals surface area (Å²) in [6.45, 7) is 11.9. The van der Waals surface area contributed by atoms with Gasteiger partial charge in [-0.2, -0.15) is 0 Å². The number of hydrogen-bond donors (Lipinski definition) is 2. The van der Waals surface area contributed by atoms with Crippen molar-refractivity contribution < 1.29 is 14.1 Å². The number of ether oxygens (including phenoxy) is 1. The second kappa shape index (κ2) is 8.78. The van der Waals surface area contributed by atoms with Gasteiger partial charge >= 0.3 is 5.97 Å². The predicted octanol–water partition coefficient (Wildman–Crippen LogP) is 3.06. The molecule has 0 radical (unpaired) electrons. The highest BCUT2D eigenvalue weighted by Crippen LogP contribution is 2.17. The second-order valence-corrected chi connectivity index (χ2v) is 6.60. The Hall–Kier alpha value is -0.260. The van der Waals surface area contributed by atoms with Gasteiger partial charge in [-0.05, 0) is 53.1 Å². The Morgan fingerprint density at radius 3 is 1.94 bits per heavy atom. The van der Waals surface area contributed by atoms with E-state index >= 15 is 0 Å². The molecule has 0 aromatic heterocycles. The maximum absolute atomic E-state index is 10.9. The summed E-state index contributed by atoms with van der Waals surface area (Å²) < 4.78 is 13.1. The van der Waals surface area contributed by atoms with Crippen molar-refractivity contribution in [1.29, 1.82) is 0 Å². The van der Waals surface area contributed by atoms with Gasteiger partial charge in [0.2, 0.25) is 0 Å². The van der Waals surface area contributed by atoms with Gasteiger partial charge in [-0.25, -0.2) is 0 Å². The van der Waals surface area contributed by atoms with Crippen LogP contribution >= 0.6 is 12.0 Å². The monoisotopic (exact) mass is 265 g/mol. The Morgan fingerprint density at radius 2 is 1.71 bits per heavy atom. The van der Waals surface area contributed by atoms with E-state index in [0.717, 1.165) is 18.5 Å². The minimum absolute atomic E-state index is 0.0139. The average molecular weight is 265 g/mol. The lowest BCUT2D eigenvalue weighted by molar-refractivity contribution is -0.144. The minimum atomic E-state index is -0.410. The molecule has 17 heavy (non-hydrogen) atoms. The van der Waals surface area contributed by atoms with Crippen LogP contribution in [0.3, 0.4) is 0 Å². The molecule has 0 aliphatic heterocycles. The van der Waals surface area contributed by atoms with Crippen LogP contribution in [0.5, 0.6) is 0 Å². The normalized spacial score (nSPS) is 14.4. The minimum Gasteiger partial charge on any atom is -0.466 e. The summed E-state index contributed by atoms with van der Waals surface area (Å²) in [5, 5.41) is 0. The van der Waals surface area contributed by atoms with Crippen molar-refractivity contribution in [2.24, 2.45) is 5.73 Å². The first-order valence-corrected chi connectivity index (χ1v) is 6.62. The van der Waals surface area contributed by atoms with E-state index in [4.69, 9.17) is 15.0 Å². The highest BCUT2D eigenvalue weighted by Gasteiger charge is 2.20. The molecular weight excluding hydrogens is 238 g/mol. The molecule has 0 fully saturated rings. The number of carbonyl (C=O) groups is 1. The molecule has 0 saturated carbocycles. The van der Waals surface area contributed by atoms with E-state index in [9.17, 15) is 4.79 Å². The molecule has 0 aliphatic rings. The van der Waals surface area contributed by atoms with Gasteiger partial charge in [0.05, 0.1) is 13.0 Å². The van der Waals surface area contributed by atoms with Crippen molar-refractivity contribution in [3.05, 3.63) is 0 Å². The molecule has 0 heterocycles. The summed E-state index contributed by atoms with van der Waals surface area (Å²) in [5.41, 5.74) is 5.34. The standard InChI is InChI=1S/C8H17NO2.C4H10OS/c1-4-8(3,9)6-7(10)11-5-2;1-4(2,3)6-5/h4-6,9H2,1-3H3;5H,1-3H3. The third-order valence-corrected chi connectivity index (χ3v) is 2.48. The predicted molar refractivity (Wildman–Crippen MR) is 74.1 cm³/mol. The third-order valence-electron chi connectivity index (χ3n) is 1.94. The van der Waals surface area contributed by atoms with Crippen LogP contribution < -0.4 is 5.73 Å². The molecular formula is C12H27NO3S. The number of esters is 1. The zero-order chi connectivity index (χ0) is 14.1.